The number of aromatic amines is 1. The van der Waals surface area contributed by atoms with Crippen molar-refractivity contribution in [3.05, 3.63) is 40.9 Å². The molecule has 2 rings (SSSR count). The maximum Gasteiger partial charge on any atom is 0.265 e. The normalized spacial score (nSPS) is 11.4. The maximum atomic E-state index is 13.0. The molecule has 0 spiro atoms. The lowest BCUT2D eigenvalue weighted by molar-refractivity contribution is 0.601. The van der Waals surface area contributed by atoms with Gasteiger partial charge in [-0.15, -0.1) is 0 Å². The van der Waals surface area contributed by atoms with Crippen LogP contribution in [0.25, 0.3) is 0 Å². The number of nitrogens with one attached hydrogen (secondary N) is 2. The molecule has 0 amide bonds. The van der Waals surface area contributed by atoms with Crippen LogP contribution in [0.4, 0.5) is 10.1 Å². The van der Waals surface area contributed by atoms with Crippen molar-refractivity contribution in [2.75, 3.05) is 4.72 Å². The monoisotopic (exact) mass is 319 g/mol. The van der Waals surface area contributed by atoms with Gasteiger partial charge in [0.25, 0.3) is 10.0 Å². The zero-order valence-electron chi connectivity index (χ0n) is 8.31. The van der Waals surface area contributed by atoms with E-state index < -0.39 is 15.8 Å². The molecule has 8 heteroatoms. The predicted molar refractivity (Wildman–Crippen MR) is 63.5 cm³/mol. The molecule has 2 aromatic rings. The van der Waals surface area contributed by atoms with Gasteiger partial charge in [0.05, 0.1) is 16.4 Å². The van der Waals surface area contributed by atoms with Crippen molar-refractivity contribution in [2.45, 2.75) is 4.90 Å². The minimum absolute atomic E-state index is 0.0120. The summed E-state index contributed by atoms with van der Waals surface area (Å²) in [7, 11) is -3.69. The lowest BCUT2D eigenvalue weighted by Crippen LogP contribution is -2.12. The van der Waals surface area contributed by atoms with Gasteiger partial charge < -0.3 is 0 Å². The van der Waals surface area contributed by atoms with E-state index in [2.05, 4.69) is 30.8 Å². The number of anilines is 1. The van der Waals surface area contributed by atoms with E-state index in [1.165, 1.54) is 24.5 Å². The summed E-state index contributed by atoms with van der Waals surface area (Å²) in [5, 5.41) is 5.95. The van der Waals surface area contributed by atoms with Crippen LogP contribution in [0.5, 0.6) is 0 Å². The molecule has 0 fully saturated rings. The smallest absolute Gasteiger partial charge is 0.265 e. The first-order valence-electron chi connectivity index (χ1n) is 4.46. The van der Waals surface area contributed by atoms with E-state index in [0.29, 0.717) is 0 Å². The molecule has 17 heavy (non-hydrogen) atoms. The summed E-state index contributed by atoms with van der Waals surface area (Å²) in [6.07, 6.45) is 2.43. The number of benzene rings is 1. The molecule has 0 radical (unpaired) electrons. The summed E-state index contributed by atoms with van der Waals surface area (Å²) in [5.74, 6) is -0.462. The predicted octanol–water partition coefficient (Wildman–Crippen LogP) is 2.11. The minimum Gasteiger partial charge on any atom is -0.284 e. The lowest BCUT2D eigenvalue weighted by Gasteiger charge is -2.06. The molecule has 0 bridgehead atoms. The average Bonchev–Trinajstić information content (AvgIpc) is 2.77. The number of halogens is 2. The van der Waals surface area contributed by atoms with Crippen molar-refractivity contribution >= 4 is 31.6 Å². The fourth-order valence-corrected chi connectivity index (χ4v) is 2.49. The van der Waals surface area contributed by atoms with Crippen LogP contribution in [0, 0.1) is 5.82 Å². The Bertz CT molecular complexity index is 628. The molecule has 0 aliphatic heterocycles. The minimum atomic E-state index is -3.69. The third kappa shape index (κ3) is 2.64. The van der Waals surface area contributed by atoms with Crippen molar-refractivity contribution in [3.8, 4) is 0 Å². The third-order valence-electron chi connectivity index (χ3n) is 1.96. The molecule has 0 saturated carbocycles. The fraction of sp³-hybridized carbons (Fsp3) is 0. The fourth-order valence-electron chi connectivity index (χ4n) is 1.16. The average molecular weight is 320 g/mol. The van der Waals surface area contributed by atoms with E-state index in [-0.39, 0.29) is 15.1 Å². The van der Waals surface area contributed by atoms with Crippen molar-refractivity contribution < 1.29 is 12.8 Å². The van der Waals surface area contributed by atoms with Crippen molar-refractivity contribution in [1.82, 2.24) is 10.2 Å². The number of hydrogen-bond donors (Lipinski definition) is 2. The number of rotatable bonds is 3. The first kappa shape index (κ1) is 12.1. The Labute approximate surface area is 105 Å². The van der Waals surface area contributed by atoms with Gasteiger partial charge in [0.1, 0.15) is 10.7 Å². The topological polar surface area (TPSA) is 74.8 Å². The molecule has 2 N–H and O–H groups in total. The van der Waals surface area contributed by atoms with Gasteiger partial charge in [-0.1, -0.05) is 0 Å². The van der Waals surface area contributed by atoms with Crippen LogP contribution in [0.2, 0.25) is 0 Å². The van der Waals surface area contributed by atoms with Crippen LogP contribution in [0.15, 0.2) is 40.0 Å². The highest BCUT2D eigenvalue weighted by Crippen LogP contribution is 2.22. The largest absolute Gasteiger partial charge is 0.284 e. The summed E-state index contributed by atoms with van der Waals surface area (Å²) in [6.45, 7) is 0. The van der Waals surface area contributed by atoms with E-state index in [1.54, 1.807) is 0 Å². The SMILES string of the molecule is O=S(=O)(Nc1ccc(F)c(Br)c1)c1cn[nH]c1. The highest BCUT2D eigenvalue weighted by Gasteiger charge is 2.15. The Morgan fingerprint density at radius 1 is 1.41 bits per heavy atom. The molecular weight excluding hydrogens is 313 g/mol. The second-order valence-electron chi connectivity index (χ2n) is 3.17. The van der Waals surface area contributed by atoms with E-state index >= 15 is 0 Å². The second kappa shape index (κ2) is 4.46. The molecule has 0 saturated heterocycles. The van der Waals surface area contributed by atoms with Crippen molar-refractivity contribution in [1.29, 1.82) is 0 Å². The molecule has 5 nitrogen and oxygen atoms in total. The summed E-state index contributed by atoms with van der Waals surface area (Å²) in [6, 6.07) is 3.84. The van der Waals surface area contributed by atoms with Gasteiger partial charge in [0, 0.05) is 6.20 Å². The van der Waals surface area contributed by atoms with Crippen LogP contribution in [0.3, 0.4) is 0 Å². The summed E-state index contributed by atoms with van der Waals surface area (Å²) >= 11 is 2.97. The molecule has 90 valence electrons. The van der Waals surface area contributed by atoms with E-state index in [0.717, 1.165) is 6.07 Å². The van der Waals surface area contributed by atoms with Gasteiger partial charge in [0.15, 0.2) is 0 Å². The Hall–Kier alpha value is -1.41. The van der Waals surface area contributed by atoms with Gasteiger partial charge in [0.2, 0.25) is 0 Å². The number of H-pyrrole nitrogens is 1. The standard InChI is InChI=1S/C9H7BrFN3O2S/c10-8-3-6(1-2-9(8)11)14-17(15,16)7-4-12-13-5-7/h1-5,14H,(H,12,13). The quantitative estimate of drug-likeness (QED) is 0.909. The molecule has 1 aromatic heterocycles. The highest BCUT2D eigenvalue weighted by molar-refractivity contribution is 9.10. The number of sulfonamides is 1. The van der Waals surface area contributed by atoms with Gasteiger partial charge in [-0.25, -0.2) is 12.8 Å². The number of aromatic nitrogens is 2. The first-order valence-corrected chi connectivity index (χ1v) is 6.73. The molecular formula is C9H7BrFN3O2S. The third-order valence-corrected chi connectivity index (χ3v) is 3.91. The van der Waals surface area contributed by atoms with E-state index in [4.69, 9.17) is 0 Å². The van der Waals surface area contributed by atoms with Crippen LogP contribution in [-0.2, 0) is 10.0 Å². The molecule has 0 atom stereocenters. The Morgan fingerprint density at radius 2 is 2.18 bits per heavy atom. The first-order chi connectivity index (χ1) is 7.99. The number of hydrogen-bond acceptors (Lipinski definition) is 3. The van der Waals surface area contributed by atoms with E-state index in [1.807, 2.05) is 0 Å². The highest BCUT2D eigenvalue weighted by atomic mass is 79.9. The molecule has 0 aliphatic carbocycles. The van der Waals surface area contributed by atoms with Gasteiger partial charge in [-0.2, -0.15) is 5.10 Å². The zero-order valence-corrected chi connectivity index (χ0v) is 10.7. The van der Waals surface area contributed by atoms with Crippen LogP contribution in [-0.4, -0.2) is 18.6 Å². The van der Waals surface area contributed by atoms with E-state index in [9.17, 15) is 12.8 Å². The van der Waals surface area contributed by atoms with Crippen LogP contribution in [0.1, 0.15) is 0 Å². The second-order valence-corrected chi connectivity index (χ2v) is 5.71. The lowest BCUT2D eigenvalue weighted by atomic mass is 10.3. The van der Waals surface area contributed by atoms with Gasteiger partial charge in [-0.05, 0) is 34.1 Å². The molecule has 0 unspecified atom stereocenters. The van der Waals surface area contributed by atoms with Gasteiger partial charge in [-0.3, -0.25) is 9.82 Å². The van der Waals surface area contributed by atoms with Gasteiger partial charge >= 0.3 is 0 Å². The Balaban J connectivity index is 2.30. The summed E-state index contributed by atoms with van der Waals surface area (Å²) in [5.41, 5.74) is 0.263. The molecule has 1 heterocycles. The Kier molecular flexibility index (Phi) is 3.16. The summed E-state index contributed by atoms with van der Waals surface area (Å²) < 4.78 is 39.0. The molecule has 1 aromatic carbocycles. The van der Waals surface area contributed by atoms with Crippen LogP contribution < -0.4 is 4.72 Å². The van der Waals surface area contributed by atoms with Crippen molar-refractivity contribution in [2.24, 2.45) is 0 Å². The maximum absolute atomic E-state index is 13.0. The summed E-state index contributed by atoms with van der Waals surface area (Å²) in [4.78, 5) is 0.0120. The Morgan fingerprint density at radius 3 is 2.76 bits per heavy atom. The zero-order chi connectivity index (χ0) is 12.5. The van der Waals surface area contributed by atoms with Crippen molar-refractivity contribution in [3.63, 3.8) is 0 Å². The van der Waals surface area contributed by atoms with Crippen LogP contribution >= 0.6 is 15.9 Å². The molecule has 0 aliphatic rings. The number of nitrogens with zero attached hydrogens (tertiary/aromatic N) is 1.